The molecule has 0 saturated carbocycles. The molecule has 0 saturated heterocycles. The summed E-state index contributed by atoms with van der Waals surface area (Å²) in [5.74, 6) is -1.10. The summed E-state index contributed by atoms with van der Waals surface area (Å²) in [7, 11) is 0. The van der Waals surface area contributed by atoms with Gasteiger partial charge < -0.3 is 0 Å². The highest BCUT2D eigenvalue weighted by atomic mass is 32.1. The largest absolute Gasteiger partial charge is 0.396 e. The second-order valence-electron chi connectivity index (χ2n) is 1.26. The first kappa shape index (κ1) is 5.31. The molecular weight excluding hydrogens is 124 g/mol. The minimum Gasteiger partial charge on any atom is -0.241 e. The number of hydrogen-bond acceptors (Lipinski definition) is 2. The molecule has 0 N–H and O–H groups in total. The highest BCUT2D eigenvalue weighted by Gasteiger charge is 2.02. The van der Waals surface area contributed by atoms with E-state index in [2.05, 4.69) is 0 Å². The fraction of sp³-hybridized carbons (Fsp3) is 0. The summed E-state index contributed by atoms with van der Waals surface area (Å²) < 4.78 is 0. The molecule has 1 aromatic heterocycles. The van der Waals surface area contributed by atoms with Crippen molar-refractivity contribution in [1.29, 1.82) is 0 Å². The third-order valence-corrected chi connectivity index (χ3v) is 1.57. The van der Waals surface area contributed by atoms with E-state index in [9.17, 15) is 9.90 Å². The Hall–Kier alpha value is -0.830. The molecule has 0 aliphatic rings. The Morgan fingerprint density at radius 1 is 1.62 bits per heavy atom. The van der Waals surface area contributed by atoms with Crippen LogP contribution in [-0.4, -0.2) is 5.97 Å². The number of carbonyl (C=O) groups excluding carboxylic acids is 1. The van der Waals surface area contributed by atoms with E-state index in [1.807, 2.05) is 0 Å². The van der Waals surface area contributed by atoms with Crippen molar-refractivity contribution >= 4 is 17.3 Å². The van der Waals surface area contributed by atoms with Crippen LogP contribution in [0, 0.1) is 0 Å². The van der Waals surface area contributed by atoms with Crippen LogP contribution in [0.25, 0.3) is 0 Å². The lowest BCUT2D eigenvalue weighted by Gasteiger charge is -1.73. The average Bonchev–Trinajstić information content (AvgIpc) is 2.12. The molecule has 41 valence electrons. The molecule has 0 unspecified atom stereocenters. The minimum absolute atomic E-state index is 0.282. The molecule has 0 amide bonds. The van der Waals surface area contributed by atoms with E-state index in [-0.39, 0.29) is 4.88 Å². The molecule has 1 aromatic rings. The van der Waals surface area contributed by atoms with E-state index in [0.29, 0.717) is 0 Å². The van der Waals surface area contributed by atoms with Crippen molar-refractivity contribution in [2.45, 2.75) is 0 Å². The van der Waals surface area contributed by atoms with Crippen molar-refractivity contribution in [3.8, 4) is 0 Å². The van der Waals surface area contributed by atoms with E-state index in [4.69, 9.17) is 0 Å². The molecule has 1 heterocycles. The molecule has 0 fully saturated rings. The van der Waals surface area contributed by atoms with Gasteiger partial charge in [-0.05, 0) is 11.4 Å². The zero-order chi connectivity index (χ0) is 5.98. The van der Waals surface area contributed by atoms with Gasteiger partial charge >= 0.3 is 5.97 Å². The Labute approximate surface area is 50.4 Å². The second-order valence-corrected chi connectivity index (χ2v) is 2.21. The van der Waals surface area contributed by atoms with Gasteiger partial charge in [-0.25, -0.2) is 9.90 Å². The van der Waals surface area contributed by atoms with E-state index in [1.165, 1.54) is 17.4 Å². The maximum atomic E-state index is 9.96. The standard InChI is InChI=1S/C5H3O2S/c6-5(7)4-2-1-3-8-4/h1-3H. The van der Waals surface area contributed by atoms with Gasteiger partial charge in [0.25, 0.3) is 0 Å². The summed E-state index contributed by atoms with van der Waals surface area (Å²) in [5, 5.41) is 11.7. The monoisotopic (exact) mass is 127 g/mol. The lowest BCUT2D eigenvalue weighted by Crippen LogP contribution is -1.86. The molecule has 2 nitrogen and oxygen atoms in total. The third kappa shape index (κ3) is 0.869. The zero-order valence-corrected chi connectivity index (χ0v) is 4.77. The average molecular weight is 127 g/mol. The van der Waals surface area contributed by atoms with Crippen molar-refractivity contribution < 1.29 is 9.90 Å². The Kier molecular flexibility index (Phi) is 1.30. The third-order valence-electron chi connectivity index (χ3n) is 0.722. The van der Waals surface area contributed by atoms with Crippen molar-refractivity contribution in [2.75, 3.05) is 0 Å². The van der Waals surface area contributed by atoms with Crippen LogP contribution in [0.5, 0.6) is 0 Å². The molecule has 1 rings (SSSR count). The first-order valence-corrected chi connectivity index (χ1v) is 2.93. The summed E-state index contributed by atoms with van der Waals surface area (Å²) in [4.78, 5) is 10.2. The lowest BCUT2D eigenvalue weighted by atomic mass is 10.5. The highest BCUT2D eigenvalue weighted by Crippen LogP contribution is 2.06. The molecule has 1 radical (unpaired) electrons. The normalized spacial score (nSPS) is 9.00. The molecule has 8 heavy (non-hydrogen) atoms. The zero-order valence-electron chi connectivity index (χ0n) is 3.96. The number of rotatable bonds is 1. The SMILES string of the molecule is [O]C(=O)c1cccs1. The van der Waals surface area contributed by atoms with E-state index in [0.717, 1.165) is 0 Å². The predicted octanol–water partition coefficient (Wildman–Crippen LogP) is 1.32. The quantitative estimate of drug-likeness (QED) is 0.560. The van der Waals surface area contributed by atoms with Crippen LogP contribution in [0.3, 0.4) is 0 Å². The fourth-order valence-electron chi connectivity index (χ4n) is 0.395. The molecule has 0 aromatic carbocycles. The molecule has 0 aliphatic heterocycles. The molecule has 0 atom stereocenters. The summed E-state index contributed by atoms with van der Waals surface area (Å²) in [6, 6.07) is 3.19. The maximum Gasteiger partial charge on any atom is 0.396 e. The first-order chi connectivity index (χ1) is 3.80. The topological polar surface area (TPSA) is 37.0 Å². The highest BCUT2D eigenvalue weighted by molar-refractivity contribution is 7.11. The smallest absolute Gasteiger partial charge is 0.241 e. The second kappa shape index (κ2) is 1.96. The van der Waals surface area contributed by atoms with E-state index >= 15 is 0 Å². The van der Waals surface area contributed by atoms with Crippen molar-refractivity contribution in [2.24, 2.45) is 0 Å². The van der Waals surface area contributed by atoms with Crippen LogP contribution in [0.1, 0.15) is 9.67 Å². The maximum absolute atomic E-state index is 9.96. The Bertz CT molecular complexity index is 178. The van der Waals surface area contributed by atoms with Crippen LogP contribution in [0.4, 0.5) is 0 Å². The van der Waals surface area contributed by atoms with Gasteiger partial charge in [0, 0.05) is 0 Å². The van der Waals surface area contributed by atoms with E-state index < -0.39 is 5.97 Å². The first-order valence-electron chi connectivity index (χ1n) is 2.05. The Morgan fingerprint density at radius 3 is 2.62 bits per heavy atom. The number of thiophene rings is 1. The van der Waals surface area contributed by atoms with Gasteiger partial charge in [0.15, 0.2) is 0 Å². The van der Waals surface area contributed by atoms with Gasteiger partial charge in [-0.2, -0.15) is 0 Å². The molecule has 0 spiro atoms. The van der Waals surface area contributed by atoms with Gasteiger partial charge in [-0.15, -0.1) is 11.3 Å². The van der Waals surface area contributed by atoms with Crippen molar-refractivity contribution in [3.63, 3.8) is 0 Å². The molecular formula is C5H3O2S. The predicted molar refractivity (Wildman–Crippen MR) is 29.3 cm³/mol. The Balaban J connectivity index is 2.93. The van der Waals surface area contributed by atoms with Crippen LogP contribution in [-0.2, 0) is 5.11 Å². The van der Waals surface area contributed by atoms with Gasteiger partial charge in [0.1, 0.15) is 4.88 Å². The molecule has 3 heteroatoms. The van der Waals surface area contributed by atoms with Gasteiger partial charge in [0.05, 0.1) is 0 Å². The van der Waals surface area contributed by atoms with Crippen LogP contribution >= 0.6 is 11.3 Å². The van der Waals surface area contributed by atoms with Gasteiger partial charge in [0.2, 0.25) is 0 Å². The number of hydrogen-bond donors (Lipinski definition) is 0. The summed E-state index contributed by atoms with van der Waals surface area (Å²) in [5.41, 5.74) is 0. The van der Waals surface area contributed by atoms with Crippen LogP contribution in [0.2, 0.25) is 0 Å². The molecule has 0 aliphatic carbocycles. The summed E-state index contributed by atoms with van der Waals surface area (Å²) in [6.07, 6.45) is 0. The fourth-order valence-corrected chi connectivity index (χ4v) is 0.952. The van der Waals surface area contributed by atoms with Gasteiger partial charge in [-0.1, -0.05) is 6.07 Å². The minimum atomic E-state index is -1.10. The lowest BCUT2D eigenvalue weighted by molar-refractivity contribution is 0.0579. The Morgan fingerprint density at radius 2 is 2.38 bits per heavy atom. The van der Waals surface area contributed by atoms with Crippen molar-refractivity contribution in [3.05, 3.63) is 22.4 Å². The van der Waals surface area contributed by atoms with Crippen LogP contribution < -0.4 is 0 Å². The number of carbonyl (C=O) groups is 1. The molecule has 0 bridgehead atoms. The summed E-state index contributed by atoms with van der Waals surface area (Å²) >= 11 is 1.17. The van der Waals surface area contributed by atoms with Crippen LogP contribution in [0.15, 0.2) is 17.5 Å². The summed E-state index contributed by atoms with van der Waals surface area (Å²) in [6.45, 7) is 0. The van der Waals surface area contributed by atoms with E-state index in [1.54, 1.807) is 11.4 Å². The van der Waals surface area contributed by atoms with Crippen molar-refractivity contribution in [1.82, 2.24) is 0 Å². The van der Waals surface area contributed by atoms with Gasteiger partial charge in [-0.3, -0.25) is 0 Å².